The first-order chi connectivity index (χ1) is 8.75. The summed E-state index contributed by atoms with van der Waals surface area (Å²) in [7, 11) is 0. The minimum atomic E-state index is -0.337. The number of rotatable bonds is 5. The van der Waals surface area contributed by atoms with Crippen LogP contribution in [0.2, 0.25) is 0 Å². The maximum absolute atomic E-state index is 13.2. The molecular weight excluding hydrogens is 299 g/mol. The molecule has 100 valence electrons. The van der Waals surface area contributed by atoms with Crippen LogP contribution >= 0.6 is 15.9 Å². The first kappa shape index (κ1) is 13.7. The summed E-state index contributed by atoms with van der Waals surface area (Å²) in [5.74, 6) is 0.0189. The highest BCUT2D eigenvalue weighted by molar-refractivity contribution is 9.10. The monoisotopic (exact) mass is 316 g/mol. The number of nitrogens with zero attached hydrogens (tertiary/aromatic N) is 2. The first-order valence-electron chi connectivity index (χ1n) is 6.42. The van der Waals surface area contributed by atoms with Crippen molar-refractivity contribution in [3.63, 3.8) is 0 Å². The number of ether oxygens (including phenoxy) is 1. The topological polar surface area (TPSA) is 25.4 Å². The molecule has 5 heteroatoms. The van der Waals surface area contributed by atoms with Gasteiger partial charge < -0.3 is 9.64 Å². The average molecular weight is 317 g/mol. The highest BCUT2D eigenvalue weighted by Crippen LogP contribution is 2.18. The Balaban J connectivity index is 1.66. The predicted octanol–water partition coefficient (Wildman–Crippen LogP) is 3.24. The number of hydrogen-bond donors (Lipinski definition) is 0. The smallest absolute Gasteiger partial charge is 0.216 e. The molecule has 0 aliphatic carbocycles. The van der Waals surface area contributed by atoms with E-state index in [2.05, 4.69) is 25.8 Å². The summed E-state index contributed by atoms with van der Waals surface area (Å²) in [5, 5.41) is 0. The van der Waals surface area contributed by atoms with Gasteiger partial charge in [0.05, 0.1) is 11.1 Å². The molecule has 3 nitrogen and oxygen atoms in total. The van der Waals surface area contributed by atoms with Gasteiger partial charge in [-0.15, -0.1) is 0 Å². The number of piperidine rings is 1. The van der Waals surface area contributed by atoms with Crippen molar-refractivity contribution < 1.29 is 9.13 Å². The van der Waals surface area contributed by atoms with Crippen LogP contribution in [-0.2, 0) is 0 Å². The SMILES string of the molecule is Fc1cc(OCCCN2CCCCC2)ncc1Br. The molecule has 0 aromatic carbocycles. The zero-order valence-electron chi connectivity index (χ0n) is 10.4. The molecule has 1 fully saturated rings. The molecule has 0 bridgehead atoms. The molecule has 1 aromatic rings. The van der Waals surface area contributed by atoms with Crippen molar-refractivity contribution in [2.45, 2.75) is 25.7 Å². The van der Waals surface area contributed by atoms with Gasteiger partial charge in [-0.2, -0.15) is 0 Å². The molecule has 1 saturated heterocycles. The van der Waals surface area contributed by atoms with Crippen LogP contribution in [0.5, 0.6) is 5.88 Å². The van der Waals surface area contributed by atoms with E-state index in [4.69, 9.17) is 4.74 Å². The zero-order chi connectivity index (χ0) is 12.8. The summed E-state index contributed by atoms with van der Waals surface area (Å²) in [5.41, 5.74) is 0. The van der Waals surface area contributed by atoms with E-state index in [1.54, 1.807) is 0 Å². The van der Waals surface area contributed by atoms with Crippen molar-refractivity contribution in [1.82, 2.24) is 9.88 Å². The number of pyridine rings is 1. The van der Waals surface area contributed by atoms with Crippen molar-refractivity contribution in [1.29, 1.82) is 0 Å². The maximum Gasteiger partial charge on any atom is 0.216 e. The second-order valence-electron chi connectivity index (χ2n) is 4.54. The van der Waals surface area contributed by atoms with Gasteiger partial charge in [0.15, 0.2) is 0 Å². The Kier molecular flexibility index (Phi) is 5.38. The van der Waals surface area contributed by atoms with Gasteiger partial charge in [-0.3, -0.25) is 0 Å². The number of halogens is 2. The van der Waals surface area contributed by atoms with Gasteiger partial charge in [-0.25, -0.2) is 9.37 Å². The fourth-order valence-electron chi connectivity index (χ4n) is 2.12. The normalized spacial score (nSPS) is 16.8. The van der Waals surface area contributed by atoms with Crippen LogP contribution < -0.4 is 4.74 Å². The molecule has 1 aliphatic heterocycles. The molecule has 0 unspecified atom stereocenters. The summed E-state index contributed by atoms with van der Waals surface area (Å²) in [6.07, 6.45) is 6.35. The summed E-state index contributed by atoms with van der Waals surface area (Å²) in [6, 6.07) is 1.31. The van der Waals surface area contributed by atoms with Gasteiger partial charge in [0.2, 0.25) is 5.88 Å². The van der Waals surface area contributed by atoms with Crippen LogP contribution in [-0.4, -0.2) is 36.1 Å². The predicted molar refractivity (Wildman–Crippen MR) is 72.3 cm³/mol. The van der Waals surface area contributed by atoms with E-state index in [-0.39, 0.29) is 5.82 Å². The van der Waals surface area contributed by atoms with Gasteiger partial charge in [0.25, 0.3) is 0 Å². The molecular formula is C13H18BrFN2O. The Labute approximate surface area is 115 Å². The van der Waals surface area contributed by atoms with E-state index in [0.29, 0.717) is 17.0 Å². The summed E-state index contributed by atoms with van der Waals surface area (Å²) < 4.78 is 19.0. The van der Waals surface area contributed by atoms with Gasteiger partial charge in [0, 0.05) is 18.8 Å². The van der Waals surface area contributed by atoms with E-state index in [1.807, 2.05) is 0 Å². The zero-order valence-corrected chi connectivity index (χ0v) is 12.0. The van der Waals surface area contributed by atoms with Crippen LogP contribution in [0.15, 0.2) is 16.7 Å². The van der Waals surface area contributed by atoms with E-state index >= 15 is 0 Å². The lowest BCUT2D eigenvalue weighted by atomic mass is 10.1. The van der Waals surface area contributed by atoms with Crippen LogP contribution in [0.1, 0.15) is 25.7 Å². The molecule has 0 saturated carbocycles. The molecule has 0 atom stereocenters. The average Bonchev–Trinajstić information content (AvgIpc) is 2.40. The molecule has 2 heterocycles. The van der Waals surface area contributed by atoms with Crippen molar-refractivity contribution in [3.8, 4) is 5.88 Å². The Morgan fingerprint density at radius 2 is 2.11 bits per heavy atom. The highest BCUT2D eigenvalue weighted by atomic mass is 79.9. The summed E-state index contributed by atoms with van der Waals surface area (Å²) in [6.45, 7) is 4.04. The van der Waals surface area contributed by atoms with Gasteiger partial charge in [0.1, 0.15) is 5.82 Å². The maximum atomic E-state index is 13.2. The first-order valence-corrected chi connectivity index (χ1v) is 7.21. The molecule has 0 spiro atoms. The molecule has 0 amide bonds. The fourth-order valence-corrected chi connectivity index (χ4v) is 2.34. The fraction of sp³-hybridized carbons (Fsp3) is 0.615. The van der Waals surface area contributed by atoms with Crippen molar-refractivity contribution >= 4 is 15.9 Å². The number of likely N-dealkylation sites (tertiary alicyclic amines) is 1. The standard InChI is InChI=1S/C13H18BrFN2O/c14-11-10-16-13(9-12(11)15)18-8-4-7-17-5-2-1-3-6-17/h9-10H,1-8H2. The van der Waals surface area contributed by atoms with Crippen LogP contribution in [0.3, 0.4) is 0 Å². The minimum absolute atomic E-state index is 0.337. The minimum Gasteiger partial charge on any atom is -0.478 e. The Morgan fingerprint density at radius 1 is 1.33 bits per heavy atom. The number of hydrogen-bond acceptors (Lipinski definition) is 3. The third-order valence-corrected chi connectivity index (χ3v) is 3.68. The molecule has 18 heavy (non-hydrogen) atoms. The Morgan fingerprint density at radius 3 is 2.83 bits per heavy atom. The number of aromatic nitrogens is 1. The molecule has 0 radical (unpaired) electrons. The largest absolute Gasteiger partial charge is 0.478 e. The van der Waals surface area contributed by atoms with Crippen molar-refractivity contribution in [2.24, 2.45) is 0 Å². The van der Waals surface area contributed by atoms with Gasteiger partial charge in [-0.05, 0) is 48.3 Å². The molecule has 1 aliphatic rings. The van der Waals surface area contributed by atoms with Crippen LogP contribution in [0.4, 0.5) is 4.39 Å². The van der Waals surface area contributed by atoms with E-state index < -0.39 is 0 Å². The quantitative estimate of drug-likeness (QED) is 0.780. The Hall–Kier alpha value is -0.680. The van der Waals surface area contributed by atoms with Crippen LogP contribution in [0, 0.1) is 5.82 Å². The molecule has 1 aromatic heterocycles. The van der Waals surface area contributed by atoms with Crippen molar-refractivity contribution in [3.05, 3.63) is 22.6 Å². The van der Waals surface area contributed by atoms with E-state index in [0.717, 1.165) is 13.0 Å². The van der Waals surface area contributed by atoms with E-state index in [1.165, 1.54) is 44.6 Å². The second kappa shape index (κ2) is 7.04. The molecule has 0 N–H and O–H groups in total. The highest BCUT2D eigenvalue weighted by Gasteiger charge is 2.09. The van der Waals surface area contributed by atoms with Crippen molar-refractivity contribution in [2.75, 3.05) is 26.2 Å². The summed E-state index contributed by atoms with van der Waals surface area (Å²) >= 11 is 3.06. The lowest BCUT2D eigenvalue weighted by Crippen LogP contribution is -2.31. The third-order valence-electron chi connectivity index (χ3n) is 3.10. The van der Waals surface area contributed by atoms with E-state index in [9.17, 15) is 4.39 Å². The van der Waals surface area contributed by atoms with Gasteiger partial charge in [-0.1, -0.05) is 6.42 Å². The molecule has 2 rings (SSSR count). The third kappa shape index (κ3) is 4.21. The summed E-state index contributed by atoms with van der Waals surface area (Å²) in [4.78, 5) is 6.46. The lowest BCUT2D eigenvalue weighted by molar-refractivity contribution is 0.203. The lowest BCUT2D eigenvalue weighted by Gasteiger charge is -2.26. The van der Waals surface area contributed by atoms with Crippen LogP contribution in [0.25, 0.3) is 0 Å². The second-order valence-corrected chi connectivity index (χ2v) is 5.40. The van der Waals surface area contributed by atoms with Gasteiger partial charge >= 0.3 is 0 Å². The Bertz CT molecular complexity index is 383.